The first-order valence-electron chi connectivity index (χ1n) is 6.68. The molecular weight excluding hydrogens is 326 g/mol. The SMILES string of the molecule is CCCC(CNC(C)(C)C)Oc1cc(Br)ccc1Cl. The Balaban J connectivity index is 2.69. The third kappa shape index (κ3) is 6.64. The van der Waals surface area contributed by atoms with Gasteiger partial charge in [0.2, 0.25) is 0 Å². The van der Waals surface area contributed by atoms with Crippen molar-refractivity contribution in [2.45, 2.75) is 52.2 Å². The average Bonchev–Trinajstić information content (AvgIpc) is 2.30. The molecule has 0 amide bonds. The minimum absolute atomic E-state index is 0.0937. The van der Waals surface area contributed by atoms with Gasteiger partial charge in [0.15, 0.2) is 0 Å². The summed E-state index contributed by atoms with van der Waals surface area (Å²) >= 11 is 9.61. The van der Waals surface area contributed by atoms with Crippen LogP contribution in [-0.2, 0) is 0 Å². The van der Waals surface area contributed by atoms with Crippen LogP contribution < -0.4 is 10.1 Å². The summed E-state index contributed by atoms with van der Waals surface area (Å²) in [5, 5.41) is 4.13. The zero-order chi connectivity index (χ0) is 14.5. The summed E-state index contributed by atoms with van der Waals surface area (Å²) in [7, 11) is 0. The fourth-order valence-electron chi connectivity index (χ4n) is 1.69. The van der Waals surface area contributed by atoms with Gasteiger partial charge in [-0.05, 0) is 45.4 Å². The summed E-state index contributed by atoms with van der Waals surface area (Å²) in [4.78, 5) is 0. The lowest BCUT2D eigenvalue weighted by molar-refractivity contribution is 0.175. The van der Waals surface area contributed by atoms with Crippen LogP contribution in [-0.4, -0.2) is 18.2 Å². The maximum absolute atomic E-state index is 6.16. The van der Waals surface area contributed by atoms with E-state index in [0.29, 0.717) is 5.02 Å². The van der Waals surface area contributed by atoms with Gasteiger partial charge >= 0.3 is 0 Å². The van der Waals surface area contributed by atoms with Gasteiger partial charge in [0.05, 0.1) is 5.02 Å². The van der Waals surface area contributed by atoms with Crippen molar-refractivity contribution in [1.82, 2.24) is 5.32 Å². The van der Waals surface area contributed by atoms with Gasteiger partial charge in [-0.15, -0.1) is 0 Å². The number of halogens is 2. The highest BCUT2D eigenvalue weighted by molar-refractivity contribution is 9.10. The quantitative estimate of drug-likeness (QED) is 0.777. The monoisotopic (exact) mass is 347 g/mol. The molecule has 1 atom stereocenters. The van der Waals surface area contributed by atoms with E-state index in [4.69, 9.17) is 16.3 Å². The van der Waals surface area contributed by atoms with Crippen molar-refractivity contribution in [2.75, 3.05) is 6.54 Å². The van der Waals surface area contributed by atoms with Gasteiger partial charge in [0, 0.05) is 16.6 Å². The van der Waals surface area contributed by atoms with Crippen LogP contribution in [0.25, 0.3) is 0 Å². The largest absolute Gasteiger partial charge is 0.488 e. The molecule has 0 fully saturated rings. The first-order chi connectivity index (χ1) is 8.81. The summed E-state index contributed by atoms with van der Waals surface area (Å²) in [6.07, 6.45) is 2.23. The fraction of sp³-hybridized carbons (Fsp3) is 0.600. The highest BCUT2D eigenvalue weighted by Gasteiger charge is 2.16. The lowest BCUT2D eigenvalue weighted by Crippen LogP contribution is -2.42. The molecular formula is C15H23BrClNO. The molecule has 0 aliphatic rings. The Bertz CT molecular complexity index is 404. The molecule has 1 N–H and O–H groups in total. The summed E-state index contributed by atoms with van der Waals surface area (Å²) < 4.78 is 7.02. The van der Waals surface area contributed by atoms with E-state index in [-0.39, 0.29) is 11.6 Å². The minimum atomic E-state index is 0.0937. The second kappa shape index (κ2) is 7.51. The Morgan fingerprint density at radius 2 is 2.05 bits per heavy atom. The van der Waals surface area contributed by atoms with Crippen LogP contribution in [0.5, 0.6) is 5.75 Å². The standard InChI is InChI=1S/C15H23BrClNO/c1-5-6-12(10-18-15(2,3)4)19-14-9-11(16)7-8-13(14)17/h7-9,12,18H,5-6,10H2,1-4H3. The molecule has 1 unspecified atom stereocenters. The minimum Gasteiger partial charge on any atom is -0.488 e. The zero-order valence-corrected chi connectivity index (χ0v) is 14.4. The van der Waals surface area contributed by atoms with Gasteiger partial charge in [-0.3, -0.25) is 0 Å². The Morgan fingerprint density at radius 1 is 1.37 bits per heavy atom. The van der Waals surface area contributed by atoms with Crippen LogP contribution in [0.15, 0.2) is 22.7 Å². The Morgan fingerprint density at radius 3 is 2.63 bits per heavy atom. The van der Waals surface area contributed by atoms with Gasteiger partial charge in [0.1, 0.15) is 11.9 Å². The van der Waals surface area contributed by atoms with Gasteiger partial charge in [-0.2, -0.15) is 0 Å². The van der Waals surface area contributed by atoms with Crippen LogP contribution in [0.2, 0.25) is 5.02 Å². The molecule has 2 nitrogen and oxygen atoms in total. The molecule has 0 heterocycles. The molecule has 0 saturated heterocycles. The van der Waals surface area contributed by atoms with Crippen molar-refractivity contribution in [3.05, 3.63) is 27.7 Å². The smallest absolute Gasteiger partial charge is 0.139 e. The molecule has 19 heavy (non-hydrogen) atoms. The first-order valence-corrected chi connectivity index (χ1v) is 7.85. The van der Waals surface area contributed by atoms with Crippen LogP contribution in [0.1, 0.15) is 40.5 Å². The molecule has 1 rings (SSSR count). The van der Waals surface area contributed by atoms with E-state index in [0.717, 1.165) is 29.6 Å². The topological polar surface area (TPSA) is 21.3 Å². The van der Waals surface area contributed by atoms with Crippen molar-refractivity contribution in [3.8, 4) is 5.75 Å². The molecule has 1 aromatic rings. The highest BCUT2D eigenvalue weighted by Crippen LogP contribution is 2.29. The average molecular weight is 349 g/mol. The summed E-state index contributed by atoms with van der Waals surface area (Å²) in [5.41, 5.74) is 0.0937. The molecule has 0 radical (unpaired) electrons. The van der Waals surface area contributed by atoms with E-state index in [2.05, 4.69) is 48.9 Å². The number of rotatable bonds is 6. The normalized spacial score (nSPS) is 13.4. The maximum Gasteiger partial charge on any atom is 0.139 e. The van der Waals surface area contributed by atoms with E-state index in [1.807, 2.05) is 18.2 Å². The second-order valence-corrected chi connectivity index (χ2v) is 7.06. The van der Waals surface area contributed by atoms with E-state index >= 15 is 0 Å². The van der Waals surface area contributed by atoms with Crippen LogP contribution in [0, 0.1) is 0 Å². The number of hydrogen-bond donors (Lipinski definition) is 1. The van der Waals surface area contributed by atoms with Gasteiger partial charge in [-0.25, -0.2) is 0 Å². The van der Waals surface area contributed by atoms with Crippen molar-refractivity contribution in [2.24, 2.45) is 0 Å². The molecule has 0 spiro atoms. The molecule has 0 aromatic heterocycles. The number of benzene rings is 1. The fourth-order valence-corrected chi connectivity index (χ4v) is 2.19. The molecule has 0 saturated carbocycles. The summed E-state index contributed by atoms with van der Waals surface area (Å²) in [6.45, 7) is 9.45. The summed E-state index contributed by atoms with van der Waals surface area (Å²) in [5.74, 6) is 0.741. The molecule has 0 aliphatic carbocycles. The predicted molar refractivity (Wildman–Crippen MR) is 86.2 cm³/mol. The highest BCUT2D eigenvalue weighted by atomic mass is 79.9. The lowest BCUT2D eigenvalue weighted by atomic mass is 10.1. The Kier molecular flexibility index (Phi) is 6.64. The third-order valence-corrected chi connectivity index (χ3v) is 3.46. The number of ether oxygens (including phenoxy) is 1. The van der Waals surface area contributed by atoms with E-state index < -0.39 is 0 Å². The third-order valence-electron chi connectivity index (χ3n) is 2.66. The van der Waals surface area contributed by atoms with Crippen LogP contribution in [0.3, 0.4) is 0 Å². The number of hydrogen-bond acceptors (Lipinski definition) is 2. The van der Waals surface area contributed by atoms with E-state index in [1.54, 1.807) is 0 Å². The summed E-state index contributed by atoms with van der Waals surface area (Å²) in [6, 6.07) is 5.68. The zero-order valence-electron chi connectivity index (χ0n) is 12.1. The van der Waals surface area contributed by atoms with Crippen molar-refractivity contribution < 1.29 is 4.74 Å². The van der Waals surface area contributed by atoms with Gasteiger partial charge in [-0.1, -0.05) is 40.9 Å². The van der Waals surface area contributed by atoms with Crippen LogP contribution in [0.4, 0.5) is 0 Å². The molecule has 108 valence electrons. The van der Waals surface area contributed by atoms with Crippen molar-refractivity contribution >= 4 is 27.5 Å². The van der Waals surface area contributed by atoms with E-state index in [9.17, 15) is 0 Å². The molecule has 1 aromatic carbocycles. The predicted octanol–water partition coefficient (Wildman–Crippen LogP) is 5.04. The van der Waals surface area contributed by atoms with Crippen molar-refractivity contribution in [3.63, 3.8) is 0 Å². The Hall–Kier alpha value is -0.250. The van der Waals surface area contributed by atoms with Gasteiger partial charge < -0.3 is 10.1 Å². The van der Waals surface area contributed by atoms with E-state index in [1.165, 1.54) is 0 Å². The first kappa shape index (κ1) is 16.8. The maximum atomic E-state index is 6.16. The molecule has 4 heteroatoms. The Labute approximate surface area is 130 Å². The second-order valence-electron chi connectivity index (χ2n) is 5.73. The lowest BCUT2D eigenvalue weighted by Gasteiger charge is -2.26. The van der Waals surface area contributed by atoms with Crippen molar-refractivity contribution in [1.29, 1.82) is 0 Å². The number of nitrogens with one attached hydrogen (secondary N) is 1. The van der Waals surface area contributed by atoms with Gasteiger partial charge in [0.25, 0.3) is 0 Å². The van der Waals surface area contributed by atoms with Crippen LogP contribution >= 0.6 is 27.5 Å². The molecule has 0 bridgehead atoms. The molecule has 0 aliphatic heterocycles.